The molecule has 7 nitrogen and oxygen atoms in total. The van der Waals surface area contributed by atoms with Crippen molar-refractivity contribution in [2.45, 2.75) is 6.29 Å². The largest absolute Gasteiger partial charge is 0.359 e. The van der Waals surface area contributed by atoms with Crippen LogP contribution in [0.15, 0.2) is 12.1 Å². The van der Waals surface area contributed by atoms with Crippen molar-refractivity contribution in [1.29, 1.82) is 0 Å². The number of aromatic nitrogens is 1. The van der Waals surface area contributed by atoms with Crippen molar-refractivity contribution in [1.82, 2.24) is 4.98 Å². The van der Waals surface area contributed by atoms with E-state index in [0.717, 1.165) is 0 Å². The molecule has 0 amide bonds. The molecule has 1 aliphatic rings. The molecule has 1 N–H and O–H groups in total. The molecule has 0 unspecified atom stereocenters. The lowest BCUT2D eigenvalue weighted by Gasteiger charge is -2.10. The predicted molar refractivity (Wildman–Crippen MR) is 60.1 cm³/mol. The van der Waals surface area contributed by atoms with Crippen molar-refractivity contribution in [3.05, 3.63) is 27.4 Å². The monoisotopic (exact) mass is 259 g/mol. The van der Waals surface area contributed by atoms with Crippen molar-refractivity contribution in [3.63, 3.8) is 0 Å². The molecule has 8 heteroatoms. The topological polar surface area (TPSA) is 86.5 Å². The highest BCUT2D eigenvalue weighted by Gasteiger charge is 2.19. The molecule has 17 heavy (non-hydrogen) atoms. The van der Waals surface area contributed by atoms with Crippen LogP contribution in [0.5, 0.6) is 0 Å². The van der Waals surface area contributed by atoms with Crippen LogP contribution < -0.4 is 5.32 Å². The summed E-state index contributed by atoms with van der Waals surface area (Å²) >= 11 is 5.68. The first kappa shape index (κ1) is 12.0. The van der Waals surface area contributed by atoms with E-state index in [-0.39, 0.29) is 23.2 Å². The fourth-order valence-corrected chi connectivity index (χ4v) is 1.56. The van der Waals surface area contributed by atoms with Gasteiger partial charge >= 0.3 is 5.69 Å². The molecule has 0 atom stereocenters. The first-order valence-electron chi connectivity index (χ1n) is 4.95. The van der Waals surface area contributed by atoms with Crippen molar-refractivity contribution < 1.29 is 14.4 Å². The molecule has 2 heterocycles. The molecule has 0 aromatic carbocycles. The minimum Gasteiger partial charge on any atom is -0.359 e. The maximum Gasteiger partial charge on any atom is 0.311 e. The van der Waals surface area contributed by atoms with Gasteiger partial charge in [0.2, 0.25) is 5.82 Å². The van der Waals surface area contributed by atoms with Gasteiger partial charge in [0.15, 0.2) is 6.29 Å². The van der Waals surface area contributed by atoms with E-state index < -0.39 is 11.2 Å². The average molecular weight is 260 g/mol. The average Bonchev–Trinajstić information content (AvgIpc) is 2.78. The van der Waals surface area contributed by atoms with Crippen LogP contribution in [-0.2, 0) is 9.47 Å². The smallest absolute Gasteiger partial charge is 0.311 e. The quantitative estimate of drug-likeness (QED) is 0.500. The van der Waals surface area contributed by atoms with E-state index in [2.05, 4.69) is 10.3 Å². The van der Waals surface area contributed by atoms with Crippen LogP contribution in [0.25, 0.3) is 0 Å². The summed E-state index contributed by atoms with van der Waals surface area (Å²) in [6.45, 7) is 1.34. The van der Waals surface area contributed by atoms with Crippen LogP contribution in [-0.4, -0.2) is 36.0 Å². The first-order valence-corrected chi connectivity index (χ1v) is 5.32. The summed E-state index contributed by atoms with van der Waals surface area (Å²) < 4.78 is 10.4. The lowest BCUT2D eigenvalue weighted by atomic mass is 10.4. The highest BCUT2D eigenvalue weighted by Crippen LogP contribution is 2.24. The second-order valence-corrected chi connectivity index (χ2v) is 3.70. The molecule has 1 fully saturated rings. The summed E-state index contributed by atoms with van der Waals surface area (Å²) in [5.41, 5.74) is -0.132. The van der Waals surface area contributed by atoms with Crippen LogP contribution >= 0.6 is 11.6 Å². The SMILES string of the molecule is O=[N+]([O-])c1ccc(Cl)nc1NCC1OCCO1. The van der Waals surface area contributed by atoms with E-state index in [1.54, 1.807) is 0 Å². The number of anilines is 1. The van der Waals surface area contributed by atoms with Gasteiger partial charge in [-0.05, 0) is 6.07 Å². The Hall–Kier alpha value is -1.44. The van der Waals surface area contributed by atoms with Crippen molar-refractivity contribution in [2.75, 3.05) is 25.1 Å². The zero-order chi connectivity index (χ0) is 12.3. The van der Waals surface area contributed by atoms with Gasteiger partial charge in [0, 0.05) is 6.07 Å². The number of halogens is 1. The molecule has 1 aromatic heterocycles. The lowest BCUT2D eigenvalue weighted by Crippen LogP contribution is -2.21. The minimum absolute atomic E-state index is 0.113. The van der Waals surface area contributed by atoms with Crippen LogP contribution in [0.3, 0.4) is 0 Å². The van der Waals surface area contributed by atoms with E-state index in [1.165, 1.54) is 12.1 Å². The summed E-state index contributed by atoms with van der Waals surface area (Å²) in [7, 11) is 0. The minimum atomic E-state index is -0.526. The maximum absolute atomic E-state index is 10.7. The van der Waals surface area contributed by atoms with Crippen molar-refractivity contribution >= 4 is 23.1 Å². The normalized spacial score (nSPS) is 16.1. The van der Waals surface area contributed by atoms with Gasteiger partial charge < -0.3 is 14.8 Å². The Kier molecular flexibility index (Phi) is 3.72. The van der Waals surface area contributed by atoms with E-state index in [1.807, 2.05) is 0 Å². The van der Waals surface area contributed by atoms with Gasteiger partial charge in [-0.2, -0.15) is 0 Å². The Morgan fingerprint density at radius 1 is 1.53 bits per heavy atom. The van der Waals surface area contributed by atoms with Crippen molar-refractivity contribution in [2.24, 2.45) is 0 Å². The van der Waals surface area contributed by atoms with E-state index in [9.17, 15) is 10.1 Å². The van der Waals surface area contributed by atoms with E-state index in [4.69, 9.17) is 21.1 Å². The standard InChI is InChI=1S/C9H10ClN3O4/c10-7-2-1-6(13(14)15)9(12-7)11-5-8-16-3-4-17-8/h1-2,8H,3-5H2,(H,11,12). The van der Waals surface area contributed by atoms with Crippen LogP contribution in [0.1, 0.15) is 0 Å². The van der Waals surface area contributed by atoms with E-state index >= 15 is 0 Å². The predicted octanol–water partition coefficient (Wildman–Crippen LogP) is 1.43. The summed E-state index contributed by atoms with van der Waals surface area (Å²) in [4.78, 5) is 14.1. The zero-order valence-electron chi connectivity index (χ0n) is 8.76. The Balaban J connectivity index is 2.07. The van der Waals surface area contributed by atoms with Crippen LogP contribution in [0.4, 0.5) is 11.5 Å². The van der Waals surface area contributed by atoms with Gasteiger partial charge in [-0.15, -0.1) is 0 Å². The molecule has 1 saturated heterocycles. The molecule has 92 valence electrons. The number of nitro groups is 1. The Morgan fingerprint density at radius 2 is 2.24 bits per heavy atom. The third-order valence-electron chi connectivity index (χ3n) is 2.16. The third-order valence-corrected chi connectivity index (χ3v) is 2.37. The van der Waals surface area contributed by atoms with Crippen molar-refractivity contribution in [3.8, 4) is 0 Å². The molecule has 1 aromatic rings. The molecule has 0 spiro atoms. The number of nitrogens with one attached hydrogen (secondary N) is 1. The van der Waals surface area contributed by atoms with Gasteiger partial charge in [-0.1, -0.05) is 11.6 Å². The molecule has 0 aliphatic carbocycles. The number of hydrogen-bond donors (Lipinski definition) is 1. The number of pyridine rings is 1. The van der Waals surface area contributed by atoms with Gasteiger partial charge in [-0.3, -0.25) is 10.1 Å². The van der Waals surface area contributed by atoms with Crippen LogP contribution in [0.2, 0.25) is 5.15 Å². The number of rotatable bonds is 4. The van der Waals surface area contributed by atoms with E-state index in [0.29, 0.717) is 13.2 Å². The fourth-order valence-electron chi connectivity index (χ4n) is 1.41. The number of hydrogen-bond acceptors (Lipinski definition) is 6. The first-order chi connectivity index (χ1) is 8.16. The second-order valence-electron chi connectivity index (χ2n) is 3.31. The molecule has 1 aliphatic heterocycles. The molecule has 2 rings (SSSR count). The highest BCUT2D eigenvalue weighted by atomic mass is 35.5. The van der Waals surface area contributed by atoms with Crippen LogP contribution in [0, 0.1) is 10.1 Å². The summed E-state index contributed by atoms with van der Waals surface area (Å²) in [5.74, 6) is 0.113. The molecule has 0 radical (unpaired) electrons. The summed E-state index contributed by atoms with van der Waals surface area (Å²) in [6.07, 6.45) is -0.407. The fraction of sp³-hybridized carbons (Fsp3) is 0.444. The highest BCUT2D eigenvalue weighted by molar-refractivity contribution is 6.29. The zero-order valence-corrected chi connectivity index (χ0v) is 9.51. The van der Waals surface area contributed by atoms with Gasteiger partial charge in [0.25, 0.3) is 0 Å². The Bertz CT molecular complexity index is 423. The third kappa shape index (κ3) is 3.02. The Morgan fingerprint density at radius 3 is 2.88 bits per heavy atom. The summed E-state index contributed by atoms with van der Waals surface area (Å²) in [5, 5.41) is 13.7. The molecule has 0 saturated carbocycles. The Labute approximate surface area is 102 Å². The lowest BCUT2D eigenvalue weighted by molar-refractivity contribution is -0.384. The number of ether oxygens (including phenoxy) is 2. The number of nitrogens with zero attached hydrogens (tertiary/aromatic N) is 2. The van der Waals surface area contributed by atoms with Gasteiger partial charge in [0.05, 0.1) is 24.7 Å². The van der Waals surface area contributed by atoms with Gasteiger partial charge in [0.1, 0.15) is 5.15 Å². The molecular weight excluding hydrogens is 250 g/mol. The maximum atomic E-state index is 10.7. The second kappa shape index (κ2) is 5.26. The summed E-state index contributed by atoms with van der Waals surface area (Å²) in [6, 6.07) is 2.67. The molecular formula is C9H10ClN3O4. The van der Waals surface area contributed by atoms with Gasteiger partial charge in [-0.25, -0.2) is 4.98 Å². The molecule has 0 bridgehead atoms.